The minimum Gasteiger partial charge on any atom is -0.457 e. The Morgan fingerprint density at radius 3 is 2.26 bits per heavy atom. The molecule has 5 nitrogen and oxygen atoms in total. The van der Waals surface area contributed by atoms with Crippen molar-refractivity contribution in [3.8, 4) is 11.5 Å². The van der Waals surface area contributed by atoms with Gasteiger partial charge in [0.15, 0.2) is 0 Å². The van der Waals surface area contributed by atoms with Crippen molar-refractivity contribution in [2.24, 2.45) is 0 Å². The van der Waals surface area contributed by atoms with Crippen LogP contribution in [-0.4, -0.2) is 10.9 Å². The van der Waals surface area contributed by atoms with Gasteiger partial charge in [-0.1, -0.05) is 18.2 Å². The monoisotopic (exact) mass is 305 g/mol. The molecule has 0 atom stereocenters. The van der Waals surface area contributed by atoms with E-state index in [1.54, 1.807) is 36.4 Å². The third-order valence-corrected chi connectivity index (χ3v) is 3.14. The summed E-state index contributed by atoms with van der Waals surface area (Å²) < 4.78 is 5.70. The number of aromatic nitrogens is 1. The van der Waals surface area contributed by atoms with Gasteiger partial charge in [0.05, 0.1) is 5.56 Å². The minimum absolute atomic E-state index is 0.241. The Hall–Kier alpha value is -3.34. The number of nitrogens with one attached hydrogen (secondary N) is 1. The molecule has 114 valence electrons. The van der Waals surface area contributed by atoms with Gasteiger partial charge in [-0.05, 0) is 48.5 Å². The first-order valence-electron chi connectivity index (χ1n) is 7.06. The molecule has 5 heteroatoms. The van der Waals surface area contributed by atoms with Crippen molar-refractivity contribution in [2.75, 3.05) is 11.1 Å². The summed E-state index contributed by atoms with van der Waals surface area (Å²) >= 11 is 0. The van der Waals surface area contributed by atoms with Gasteiger partial charge in [0.2, 0.25) is 0 Å². The highest BCUT2D eigenvalue weighted by atomic mass is 16.5. The molecule has 0 spiro atoms. The number of anilines is 2. The minimum atomic E-state index is -0.241. The molecule has 0 saturated carbocycles. The summed E-state index contributed by atoms with van der Waals surface area (Å²) in [4.78, 5) is 16.0. The van der Waals surface area contributed by atoms with E-state index in [1.165, 1.54) is 6.20 Å². The Bertz CT molecular complexity index is 785. The summed E-state index contributed by atoms with van der Waals surface area (Å²) in [5.74, 6) is 1.60. The van der Waals surface area contributed by atoms with Crippen LogP contribution in [0.4, 0.5) is 11.5 Å². The third kappa shape index (κ3) is 3.85. The normalized spacial score (nSPS) is 10.1. The van der Waals surface area contributed by atoms with Crippen LogP contribution in [0.5, 0.6) is 11.5 Å². The smallest absolute Gasteiger partial charge is 0.257 e. The van der Waals surface area contributed by atoms with Crippen LogP contribution in [0.25, 0.3) is 0 Å². The molecule has 0 radical (unpaired) electrons. The van der Waals surface area contributed by atoms with E-state index in [0.29, 0.717) is 22.8 Å². The van der Waals surface area contributed by atoms with Crippen molar-refractivity contribution in [3.63, 3.8) is 0 Å². The van der Waals surface area contributed by atoms with Crippen molar-refractivity contribution in [1.29, 1.82) is 0 Å². The van der Waals surface area contributed by atoms with Gasteiger partial charge in [-0.15, -0.1) is 0 Å². The Labute approximate surface area is 133 Å². The lowest BCUT2D eigenvalue weighted by Gasteiger charge is -2.08. The summed E-state index contributed by atoms with van der Waals surface area (Å²) in [5, 5.41) is 2.79. The van der Waals surface area contributed by atoms with Gasteiger partial charge < -0.3 is 15.8 Å². The van der Waals surface area contributed by atoms with Gasteiger partial charge in [-0.3, -0.25) is 4.79 Å². The number of hydrogen-bond acceptors (Lipinski definition) is 4. The summed E-state index contributed by atoms with van der Waals surface area (Å²) in [6, 6.07) is 19.9. The van der Waals surface area contributed by atoms with Crippen LogP contribution in [0.1, 0.15) is 10.4 Å². The number of ether oxygens (including phenoxy) is 1. The van der Waals surface area contributed by atoms with Crippen LogP contribution in [0, 0.1) is 0 Å². The third-order valence-electron chi connectivity index (χ3n) is 3.14. The van der Waals surface area contributed by atoms with E-state index in [4.69, 9.17) is 10.5 Å². The fourth-order valence-corrected chi connectivity index (χ4v) is 1.97. The van der Waals surface area contributed by atoms with Gasteiger partial charge in [0, 0.05) is 11.9 Å². The standard InChI is InChI=1S/C18H15N3O2/c19-17-11-6-13(12-20-17)18(22)21-14-7-9-16(10-8-14)23-15-4-2-1-3-5-15/h1-12H,(H2,19,20)(H,21,22). The summed E-state index contributed by atoms with van der Waals surface area (Å²) in [6.45, 7) is 0. The highest BCUT2D eigenvalue weighted by Gasteiger charge is 2.06. The Balaban J connectivity index is 1.65. The molecular weight excluding hydrogens is 290 g/mol. The van der Waals surface area contributed by atoms with E-state index >= 15 is 0 Å². The quantitative estimate of drug-likeness (QED) is 0.770. The lowest BCUT2D eigenvalue weighted by molar-refractivity contribution is 0.102. The molecule has 1 heterocycles. The Morgan fingerprint density at radius 1 is 0.913 bits per heavy atom. The zero-order valence-electron chi connectivity index (χ0n) is 12.3. The number of carbonyl (C=O) groups is 1. The molecule has 23 heavy (non-hydrogen) atoms. The van der Waals surface area contributed by atoms with E-state index < -0.39 is 0 Å². The number of hydrogen-bond donors (Lipinski definition) is 2. The average Bonchev–Trinajstić information content (AvgIpc) is 2.58. The first-order chi connectivity index (χ1) is 11.2. The summed E-state index contributed by atoms with van der Waals surface area (Å²) in [7, 11) is 0. The number of amides is 1. The van der Waals surface area contributed by atoms with E-state index in [0.717, 1.165) is 5.75 Å². The topological polar surface area (TPSA) is 77.2 Å². The maximum Gasteiger partial charge on any atom is 0.257 e. The lowest BCUT2D eigenvalue weighted by atomic mass is 10.2. The average molecular weight is 305 g/mol. The van der Waals surface area contributed by atoms with Crippen molar-refractivity contribution in [3.05, 3.63) is 78.5 Å². The number of nitrogens with two attached hydrogens (primary N) is 1. The zero-order valence-corrected chi connectivity index (χ0v) is 12.3. The first kappa shape index (κ1) is 14.6. The summed E-state index contributed by atoms with van der Waals surface area (Å²) in [6.07, 6.45) is 1.44. The Morgan fingerprint density at radius 2 is 1.61 bits per heavy atom. The van der Waals surface area contributed by atoms with Crippen LogP contribution in [0.15, 0.2) is 72.9 Å². The van der Waals surface area contributed by atoms with E-state index in [-0.39, 0.29) is 5.91 Å². The molecule has 0 saturated heterocycles. The van der Waals surface area contributed by atoms with Gasteiger partial charge in [0.25, 0.3) is 5.91 Å². The molecule has 1 aromatic heterocycles. The number of nitrogens with zero attached hydrogens (tertiary/aromatic N) is 1. The molecule has 0 aliphatic rings. The zero-order chi connectivity index (χ0) is 16.1. The van der Waals surface area contributed by atoms with Crippen molar-refractivity contribution in [2.45, 2.75) is 0 Å². The van der Waals surface area contributed by atoms with E-state index in [1.807, 2.05) is 30.3 Å². The molecule has 3 aromatic rings. The van der Waals surface area contributed by atoms with Crippen LogP contribution in [0.3, 0.4) is 0 Å². The Kier molecular flexibility index (Phi) is 4.20. The maximum absolute atomic E-state index is 12.1. The predicted molar refractivity (Wildman–Crippen MR) is 89.6 cm³/mol. The number of nitrogen functional groups attached to an aromatic ring is 1. The fraction of sp³-hybridized carbons (Fsp3) is 0. The molecule has 0 bridgehead atoms. The molecule has 0 aliphatic carbocycles. The first-order valence-corrected chi connectivity index (χ1v) is 7.06. The van der Waals surface area contributed by atoms with E-state index in [9.17, 15) is 4.79 Å². The molecule has 0 aliphatic heterocycles. The highest BCUT2D eigenvalue weighted by Crippen LogP contribution is 2.22. The molecular formula is C18H15N3O2. The van der Waals surface area contributed by atoms with Gasteiger partial charge in [-0.2, -0.15) is 0 Å². The van der Waals surface area contributed by atoms with Gasteiger partial charge in [0.1, 0.15) is 17.3 Å². The molecule has 1 amide bonds. The summed E-state index contributed by atoms with van der Waals surface area (Å²) in [5.41, 5.74) is 6.62. The number of para-hydroxylation sites is 1. The highest BCUT2D eigenvalue weighted by molar-refractivity contribution is 6.04. The number of rotatable bonds is 4. The lowest BCUT2D eigenvalue weighted by Crippen LogP contribution is -2.12. The fourth-order valence-electron chi connectivity index (χ4n) is 1.97. The molecule has 2 aromatic carbocycles. The van der Waals surface area contributed by atoms with Crippen LogP contribution in [-0.2, 0) is 0 Å². The second kappa shape index (κ2) is 6.62. The predicted octanol–water partition coefficient (Wildman–Crippen LogP) is 3.71. The van der Waals surface area contributed by atoms with Crippen LogP contribution < -0.4 is 15.8 Å². The van der Waals surface area contributed by atoms with Crippen molar-refractivity contribution < 1.29 is 9.53 Å². The van der Waals surface area contributed by atoms with Gasteiger partial charge >= 0.3 is 0 Å². The van der Waals surface area contributed by atoms with Gasteiger partial charge in [-0.25, -0.2) is 4.98 Å². The maximum atomic E-state index is 12.1. The second-order valence-corrected chi connectivity index (χ2v) is 4.87. The van der Waals surface area contributed by atoms with Crippen LogP contribution in [0.2, 0.25) is 0 Å². The SMILES string of the molecule is Nc1ccc(C(=O)Nc2ccc(Oc3ccccc3)cc2)cn1. The number of pyridine rings is 1. The molecule has 0 fully saturated rings. The second-order valence-electron chi connectivity index (χ2n) is 4.87. The molecule has 3 rings (SSSR count). The largest absolute Gasteiger partial charge is 0.457 e. The number of benzene rings is 2. The van der Waals surface area contributed by atoms with E-state index in [2.05, 4.69) is 10.3 Å². The molecule has 3 N–H and O–H groups in total. The number of carbonyl (C=O) groups excluding carboxylic acids is 1. The van der Waals surface area contributed by atoms with Crippen molar-refractivity contribution >= 4 is 17.4 Å². The van der Waals surface area contributed by atoms with Crippen molar-refractivity contribution in [1.82, 2.24) is 4.98 Å². The molecule has 0 unspecified atom stereocenters. The van der Waals surface area contributed by atoms with Crippen LogP contribution >= 0.6 is 0 Å².